The van der Waals surface area contributed by atoms with Gasteiger partial charge in [-0.1, -0.05) is 30.3 Å². The fraction of sp³-hybridized carbons (Fsp3) is 0.238. The molecule has 1 amide bonds. The van der Waals surface area contributed by atoms with E-state index in [0.717, 1.165) is 16.7 Å². The number of aliphatic imine (C=N–C) groups is 1. The smallest absolute Gasteiger partial charge is 0.275 e. The molecule has 0 saturated carbocycles. The summed E-state index contributed by atoms with van der Waals surface area (Å²) in [6.07, 6.45) is 1.75. The van der Waals surface area contributed by atoms with Crippen LogP contribution in [0, 0.1) is 6.92 Å². The second-order valence-corrected chi connectivity index (χ2v) is 5.83. The number of amides is 1. The highest BCUT2D eigenvalue weighted by molar-refractivity contribution is 6.20. The normalized spacial score (nSPS) is 15.0. The van der Waals surface area contributed by atoms with Crippen LogP contribution in [0.3, 0.4) is 0 Å². The summed E-state index contributed by atoms with van der Waals surface area (Å²) in [6, 6.07) is 13.4. The molecule has 0 radical (unpaired) electrons. The van der Waals surface area contributed by atoms with Crippen LogP contribution in [0.5, 0.6) is 11.5 Å². The largest absolute Gasteiger partial charge is 0.490 e. The molecule has 0 aromatic heterocycles. The molecule has 0 unspecified atom stereocenters. The van der Waals surface area contributed by atoms with Crippen LogP contribution in [0.4, 0.5) is 0 Å². The first-order valence-electron chi connectivity index (χ1n) is 8.69. The number of amidine groups is 1. The Kier molecular flexibility index (Phi) is 5.37. The van der Waals surface area contributed by atoms with Crippen molar-refractivity contribution in [3.8, 4) is 11.5 Å². The van der Waals surface area contributed by atoms with E-state index in [-0.39, 0.29) is 5.91 Å². The molecular formula is C21H22N2O3. The van der Waals surface area contributed by atoms with E-state index in [1.807, 2.05) is 63.2 Å². The molecular weight excluding hydrogens is 328 g/mol. The zero-order chi connectivity index (χ0) is 18.5. The number of nitrogens with one attached hydrogen (secondary N) is 1. The van der Waals surface area contributed by atoms with Gasteiger partial charge < -0.3 is 14.8 Å². The molecule has 1 heterocycles. The van der Waals surface area contributed by atoms with Crippen molar-refractivity contribution in [3.05, 3.63) is 64.9 Å². The Morgan fingerprint density at radius 1 is 1.04 bits per heavy atom. The molecule has 0 atom stereocenters. The number of ether oxygens (including phenoxy) is 2. The van der Waals surface area contributed by atoms with Crippen molar-refractivity contribution in [3.63, 3.8) is 0 Å². The van der Waals surface area contributed by atoms with Crippen LogP contribution in [-0.4, -0.2) is 25.0 Å². The van der Waals surface area contributed by atoms with Crippen molar-refractivity contribution >= 4 is 17.8 Å². The first-order chi connectivity index (χ1) is 12.6. The minimum absolute atomic E-state index is 0.213. The van der Waals surface area contributed by atoms with Gasteiger partial charge in [0, 0.05) is 5.56 Å². The summed E-state index contributed by atoms with van der Waals surface area (Å²) in [5.74, 6) is 1.71. The molecule has 26 heavy (non-hydrogen) atoms. The zero-order valence-electron chi connectivity index (χ0n) is 15.2. The Balaban J connectivity index is 1.93. The van der Waals surface area contributed by atoms with Crippen LogP contribution >= 0.6 is 0 Å². The maximum atomic E-state index is 12.3. The lowest BCUT2D eigenvalue weighted by Gasteiger charge is -2.11. The lowest BCUT2D eigenvalue weighted by molar-refractivity contribution is -0.115. The standard InChI is InChI=1S/C21H22N2O3/c1-4-25-18-11-10-15(13-19(18)26-5-2)12-17-21(24)23-20(22-17)16-9-7-6-8-14(16)3/h6-13H,4-5H2,1-3H3,(H,22,23,24). The summed E-state index contributed by atoms with van der Waals surface area (Å²) in [4.78, 5) is 16.8. The molecule has 1 aliphatic rings. The molecule has 2 aromatic rings. The van der Waals surface area contributed by atoms with E-state index in [2.05, 4.69) is 10.3 Å². The lowest BCUT2D eigenvalue weighted by Crippen LogP contribution is -2.25. The molecule has 3 rings (SSSR count). The molecule has 1 N–H and O–H groups in total. The van der Waals surface area contributed by atoms with Gasteiger partial charge >= 0.3 is 0 Å². The Bertz CT molecular complexity index is 885. The van der Waals surface area contributed by atoms with E-state index in [4.69, 9.17) is 9.47 Å². The van der Waals surface area contributed by atoms with Gasteiger partial charge in [0.2, 0.25) is 0 Å². The quantitative estimate of drug-likeness (QED) is 0.808. The number of carbonyl (C=O) groups excluding carboxylic acids is 1. The third kappa shape index (κ3) is 3.77. The van der Waals surface area contributed by atoms with Gasteiger partial charge in [0.25, 0.3) is 5.91 Å². The topological polar surface area (TPSA) is 59.9 Å². The lowest BCUT2D eigenvalue weighted by atomic mass is 10.1. The van der Waals surface area contributed by atoms with E-state index in [1.165, 1.54) is 0 Å². The van der Waals surface area contributed by atoms with Gasteiger partial charge in [-0.15, -0.1) is 0 Å². The van der Waals surface area contributed by atoms with Crippen LogP contribution in [0.25, 0.3) is 6.08 Å². The number of rotatable bonds is 6. The van der Waals surface area contributed by atoms with Crippen molar-refractivity contribution in [2.75, 3.05) is 13.2 Å². The molecule has 0 bridgehead atoms. The third-order valence-corrected chi connectivity index (χ3v) is 3.97. The van der Waals surface area contributed by atoms with Gasteiger partial charge in [-0.25, -0.2) is 4.99 Å². The molecule has 0 saturated heterocycles. The first-order valence-corrected chi connectivity index (χ1v) is 8.69. The molecule has 5 heteroatoms. The number of benzene rings is 2. The second kappa shape index (κ2) is 7.87. The molecule has 0 aliphatic carbocycles. The van der Waals surface area contributed by atoms with Crippen LogP contribution in [-0.2, 0) is 4.79 Å². The number of carbonyl (C=O) groups is 1. The predicted molar refractivity (Wildman–Crippen MR) is 103 cm³/mol. The first kappa shape index (κ1) is 17.7. The van der Waals surface area contributed by atoms with Crippen LogP contribution in [0.1, 0.15) is 30.5 Å². The van der Waals surface area contributed by atoms with Gasteiger partial charge in [-0.2, -0.15) is 0 Å². The minimum atomic E-state index is -0.213. The maximum absolute atomic E-state index is 12.3. The van der Waals surface area contributed by atoms with E-state index < -0.39 is 0 Å². The number of nitrogens with zero attached hydrogens (tertiary/aromatic N) is 1. The second-order valence-electron chi connectivity index (χ2n) is 5.83. The summed E-state index contributed by atoms with van der Waals surface area (Å²) >= 11 is 0. The van der Waals surface area contributed by atoms with Gasteiger partial charge in [0.05, 0.1) is 13.2 Å². The van der Waals surface area contributed by atoms with E-state index in [0.29, 0.717) is 36.2 Å². The van der Waals surface area contributed by atoms with E-state index in [9.17, 15) is 4.79 Å². The van der Waals surface area contributed by atoms with Gasteiger partial charge in [0.1, 0.15) is 11.5 Å². The summed E-state index contributed by atoms with van der Waals surface area (Å²) in [5.41, 5.74) is 3.19. The van der Waals surface area contributed by atoms with Crippen LogP contribution < -0.4 is 14.8 Å². The van der Waals surface area contributed by atoms with E-state index >= 15 is 0 Å². The average Bonchev–Trinajstić information content (AvgIpc) is 2.98. The van der Waals surface area contributed by atoms with Crippen LogP contribution in [0.15, 0.2) is 53.2 Å². The zero-order valence-corrected chi connectivity index (χ0v) is 15.2. The Labute approximate surface area is 153 Å². The SMILES string of the molecule is CCOc1ccc(C=C2N=C(c3ccccc3C)NC2=O)cc1OCC. The van der Waals surface area contributed by atoms with Crippen LogP contribution in [0.2, 0.25) is 0 Å². The minimum Gasteiger partial charge on any atom is -0.490 e. The van der Waals surface area contributed by atoms with Crippen molar-refractivity contribution in [1.29, 1.82) is 0 Å². The predicted octanol–water partition coefficient (Wildman–Crippen LogP) is 3.71. The van der Waals surface area contributed by atoms with Gasteiger partial charge in [0.15, 0.2) is 11.5 Å². The van der Waals surface area contributed by atoms with Crippen molar-refractivity contribution in [2.45, 2.75) is 20.8 Å². The number of aryl methyl sites for hydroxylation is 1. The maximum Gasteiger partial charge on any atom is 0.275 e. The Morgan fingerprint density at radius 2 is 1.77 bits per heavy atom. The summed E-state index contributed by atoms with van der Waals surface area (Å²) in [7, 11) is 0. The van der Waals surface area contributed by atoms with E-state index in [1.54, 1.807) is 6.08 Å². The molecule has 5 nitrogen and oxygen atoms in total. The Hall–Kier alpha value is -3.08. The molecule has 2 aromatic carbocycles. The van der Waals surface area contributed by atoms with Crippen molar-refractivity contribution in [2.24, 2.45) is 4.99 Å². The highest BCUT2D eigenvalue weighted by Gasteiger charge is 2.22. The average molecular weight is 350 g/mol. The molecule has 0 fully saturated rings. The summed E-state index contributed by atoms with van der Waals surface area (Å²) in [5, 5.41) is 2.84. The van der Waals surface area contributed by atoms with Gasteiger partial charge in [-0.3, -0.25) is 4.79 Å². The highest BCUT2D eigenvalue weighted by Crippen LogP contribution is 2.30. The van der Waals surface area contributed by atoms with Gasteiger partial charge in [-0.05, 0) is 50.1 Å². The van der Waals surface area contributed by atoms with Crippen molar-refractivity contribution in [1.82, 2.24) is 5.32 Å². The highest BCUT2D eigenvalue weighted by atomic mass is 16.5. The monoisotopic (exact) mass is 350 g/mol. The number of hydrogen-bond acceptors (Lipinski definition) is 4. The fourth-order valence-electron chi connectivity index (χ4n) is 2.75. The molecule has 134 valence electrons. The number of hydrogen-bond donors (Lipinski definition) is 1. The van der Waals surface area contributed by atoms with Crippen molar-refractivity contribution < 1.29 is 14.3 Å². The molecule has 1 aliphatic heterocycles. The third-order valence-electron chi connectivity index (χ3n) is 3.97. The summed E-state index contributed by atoms with van der Waals surface area (Å²) < 4.78 is 11.2. The molecule has 0 spiro atoms. The fourth-order valence-corrected chi connectivity index (χ4v) is 2.75. The summed E-state index contributed by atoms with van der Waals surface area (Å²) in [6.45, 7) is 6.94. The Morgan fingerprint density at radius 3 is 2.50 bits per heavy atom.